The largest absolute Gasteiger partial charge is 0.480 e. The van der Waals surface area contributed by atoms with Gasteiger partial charge in [0.2, 0.25) is 20.9 Å². The van der Waals surface area contributed by atoms with Gasteiger partial charge in [0.05, 0.1) is 24.8 Å². The fourth-order valence-corrected chi connectivity index (χ4v) is 14.8. The molecule has 318 valence electrons. The Hall–Kier alpha value is -4.59. The highest BCUT2D eigenvalue weighted by Gasteiger charge is 2.46. The maximum absolute atomic E-state index is 17.6. The van der Waals surface area contributed by atoms with Gasteiger partial charge in [0.15, 0.2) is 12.6 Å². The van der Waals surface area contributed by atoms with E-state index in [0.717, 1.165) is 6.26 Å². The summed E-state index contributed by atoms with van der Waals surface area (Å²) in [6, 6.07) is 5.58. The summed E-state index contributed by atoms with van der Waals surface area (Å²) in [6.07, 6.45) is 1.88. The molecule has 59 heavy (non-hydrogen) atoms. The van der Waals surface area contributed by atoms with E-state index < -0.39 is 46.4 Å². The summed E-state index contributed by atoms with van der Waals surface area (Å²) in [5.41, 5.74) is 3.27. The number of fused-ring (bicyclic) bond motifs is 4. The van der Waals surface area contributed by atoms with Crippen LogP contribution in [0.25, 0.3) is 32.9 Å². The molecule has 2 aromatic carbocycles. The second-order valence-electron chi connectivity index (χ2n) is 17.5. The maximum atomic E-state index is 17.6. The van der Waals surface area contributed by atoms with E-state index in [1.807, 2.05) is 4.90 Å². The molecule has 6 rings (SSSR count). The average molecular weight is 852 g/mol. The van der Waals surface area contributed by atoms with Gasteiger partial charge in [-0.05, 0) is 73.8 Å². The molecule has 2 unspecified atom stereocenters. The molecule has 12 nitrogen and oxygen atoms in total. The molecule has 4 aromatic rings. The number of nitrogens with zero attached hydrogens (tertiary/aromatic N) is 5. The predicted molar refractivity (Wildman–Crippen MR) is 227 cm³/mol. The van der Waals surface area contributed by atoms with Gasteiger partial charge in [0, 0.05) is 37.4 Å². The van der Waals surface area contributed by atoms with Crippen molar-refractivity contribution in [1.82, 2.24) is 19.9 Å². The Morgan fingerprint density at radius 3 is 2.12 bits per heavy atom. The van der Waals surface area contributed by atoms with Gasteiger partial charge < -0.3 is 23.8 Å². The van der Waals surface area contributed by atoms with Gasteiger partial charge in [-0.25, -0.2) is 36.9 Å². The van der Waals surface area contributed by atoms with E-state index in [0.29, 0.717) is 23.6 Å². The number of pyridine rings is 1. The van der Waals surface area contributed by atoms with Gasteiger partial charge >= 0.3 is 6.09 Å². The summed E-state index contributed by atoms with van der Waals surface area (Å²) in [5, 5.41) is 0.248. The third-order valence-corrected chi connectivity index (χ3v) is 18.7. The molecule has 2 aliphatic heterocycles. The summed E-state index contributed by atoms with van der Waals surface area (Å²) in [6.45, 7) is 18.8. The van der Waals surface area contributed by atoms with Crippen LogP contribution in [0, 0.1) is 23.1 Å². The number of carbonyl (C=O) groups excluding carboxylic acids is 1. The Balaban J connectivity index is 1.62. The number of hydrogen-bond donors (Lipinski definition) is 0. The van der Waals surface area contributed by atoms with E-state index in [1.165, 1.54) is 26.4 Å². The fraction of sp³-hybridized carbons (Fsp3) is 0.535. The van der Waals surface area contributed by atoms with Crippen molar-refractivity contribution in [2.75, 3.05) is 45.3 Å². The van der Waals surface area contributed by atoms with Crippen LogP contribution in [-0.2, 0) is 19.3 Å². The zero-order chi connectivity index (χ0) is 43.4. The van der Waals surface area contributed by atoms with Crippen molar-refractivity contribution in [2.45, 2.75) is 115 Å². The number of ether oxygens (including phenoxy) is 4. The highest BCUT2D eigenvalue weighted by Crippen LogP contribution is 2.45. The normalized spacial score (nSPS) is 17.3. The van der Waals surface area contributed by atoms with Crippen LogP contribution in [0.5, 0.6) is 11.6 Å². The molecule has 0 saturated carbocycles. The van der Waals surface area contributed by atoms with Crippen LogP contribution in [0.4, 0.5) is 19.4 Å². The highest BCUT2D eigenvalue weighted by molar-refractivity contribution is 7.90. The molecule has 2 aliphatic rings. The van der Waals surface area contributed by atoms with Crippen molar-refractivity contribution in [1.29, 1.82) is 0 Å². The first-order valence-electron chi connectivity index (χ1n) is 20.0. The Morgan fingerprint density at radius 1 is 0.949 bits per heavy atom. The first kappa shape index (κ1) is 44.0. The van der Waals surface area contributed by atoms with Crippen molar-refractivity contribution in [2.24, 2.45) is 0 Å². The standard InChI is InChI=1S/C43H55F2N5O7SSi/c1-24(2)59(25(3)4,26(5)6)18-17-31-33(44)16-13-27-19-30(56-23-54-10)20-32(34(27)31)37-36(45)38-35(40(46-37)55-11)39(48-41(47-38)58(12,52)53)49-21-28-14-15-29(22-49)50(28)42(51)57-43(7,8)9/h13,16,19-20,24-26,28-29H,14-15,21-23H2,1-12H3. The third kappa shape index (κ3) is 8.30. The minimum atomic E-state index is -4.09. The number of methoxy groups -OCH3 is 2. The fourth-order valence-electron chi connectivity index (χ4n) is 9.05. The van der Waals surface area contributed by atoms with Crippen molar-refractivity contribution >= 4 is 51.5 Å². The number of benzene rings is 2. The van der Waals surface area contributed by atoms with Gasteiger partial charge in [-0.1, -0.05) is 53.5 Å². The van der Waals surface area contributed by atoms with Gasteiger partial charge in [0.25, 0.3) is 0 Å². The minimum Gasteiger partial charge on any atom is -0.480 e. The van der Waals surface area contributed by atoms with E-state index in [4.69, 9.17) is 23.9 Å². The molecule has 2 atom stereocenters. The van der Waals surface area contributed by atoms with Crippen LogP contribution in [-0.4, -0.2) is 100 Å². The van der Waals surface area contributed by atoms with E-state index in [2.05, 4.69) is 63.0 Å². The number of sulfone groups is 1. The lowest BCUT2D eigenvalue weighted by Crippen LogP contribution is -2.57. The lowest BCUT2D eigenvalue weighted by atomic mass is 9.95. The molecule has 0 N–H and O–H groups in total. The Bertz CT molecular complexity index is 2430. The minimum absolute atomic E-state index is 0.0511. The second kappa shape index (κ2) is 16.5. The molecule has 0 aliphatic carbocycles. The Morgan fingerprint density at radius 2 is 1.58 bits per heavy atom. The lowest BCUT2D eigenvalue weighted by Gasteiger charge is -2.42. The first-order chi connectivity index (χ1) is 27.6. The number of carbonyl (C=O) groups is 1. The van der Waals surface area contributed by atoms with Crippen LogP contribution < -0.4 is 14.4 Å². The van der Waals surface area contributed by atoms with Crippen LogP contribution in [0.1, 0.15) is 80.7 Å². The number of rotatable bonds is 10. The molecule has 4 heterocycles. The van der Waals surface area contributed by atoms with Crippen molar-refractivity contribution in [3.63, 3.8) is 0 Å². The SMILES string of the molecule is COCOc1cc(-c2nc(OC)c3c(N4CC5CCC(C4)N5C(=O)OC(C)(C)C)nc(S(C)(=O)=O)nc3c2F)c2c(C#C[Si](C(C)C)(C(C)C)C(C)C)c(F)ccc2c1. The first-order valence-corrected chi connectivity index (χ1v) is 24.1. The number of anilines is 1. The summed E-state index contributed by atoms with van der Waals surface area (Å²) in [5.74, 6) is 1.99. The summed E-state index contributed by atoms with van der Waals surface area (Å²) in [4.78, 5) is 30.4. The Labute approximate surface area is 346 Å². The summed E-state index contributed by atoms with van der Waals surface area (Å²) >= 11 is 0. The van der Waals surface area contributed by atoms with Crippen LogP contribution in [0.2, 0.25) is 16.6 Å². The zero-order valence-electron chi connectivity index (χ0n) is 36.0. The summed E-state index contributed by atoms with van der Waals surface area (Å²) in [7, 11) is -3.63. The molecule has 2 aromatic heterocycles. The van der Waals surface area contributed by atoms with Crippen molar-refractivity contribution in [3.05, 3.63) is 41.5 Å². The van der Waals surface area contributed by atoms with Crippen molar-refractivity contribution < 1.29 is 40.9 Å². The molecule has 2 saturated heterocycles. The lowest BCUT2D eigenvalue weighted by molar-refractivity contribution is 0.0122. The second-order valence-corrected chi connectivity index (χ2v) is 25.0. The number of hydrogen-bond acceptors (Lipinski definition) is 11. The molecule has 2 fully saturated rings. The highest BCUT2D eigenvalue weighted by atomic mass is 32.2. The summed E-state index contributed by atoms with van der Waals surface area (Å²) < 4.78 is 82.9. The van der Waals surface area contributed by atoms with Crippen molar-refractivity contribution in [3.8, 4) is 34.4 Å². The van der Waals surface area contributed by atoms with E-state index in [9.17, 15) is 13.2 Å². The van der Waals surface area contributed by atoms with E-state index in [1.54, 1.807) is 37.8 Å². The van der Waals surface area contributed by atoms with Gasteiger partial charge in [0.1, 0.15) is 47.7 Å². The van der Waals surface area contributed by atoms with E-state index >= 15 is 8.78 Å². The smallest absolute Gasteiger partial charge is 0.410 e. The molecular weight excluding hydrogens is 797 g/mol. The predicted octanol–water partition coefficient (Wildman–Crippen LogP) is 8.68. The van der Waals surface area contributed by atoms with Crippen LogP contribution >= 0.6 is 0 Å². The molecule has 16 heteroatoms. The maximum Gasteiger partial charge on any atom is 0.410 e. The molecule has 1 amide bonds. The third-order valence-electron chi connectivity index (χ3n) is 11.5. The quantitative estimate of drug-likeness (QED) is 0.0657. The van der Waals surface area contributed by atoms with Crippen LogP contribution in [0.15, 0.2) is 29.4 Å². The van der Waals surface area contributed by atoms with Gasteiger partial charge in [-0.2, -0.15) is 0 Å². The molecular formula is C43H55F2N5O7SSi. The van der Waals surface area contributed by atoms with E-state index in [-0.39, 0.29) is 93.8 Å². The topological polar surface area (TPSA) is 133 Å². The average Bonchev–Trinajstić information content (AvgIpc) is 3.42. The van der Waals surface area contributed by atoms with Crippen LogP contribution in [0.3, 0.4) is 0 Å². The number of aromatic nitrogens is 3. The number of piperazine rings is 1. The molecule has 0 radical (unpaired) electrons. The number of halogens is 2. The van der Waals surface area contributed by atoms with Gasteiger partial charge in [-0.15, -0.1) is 5.54 Å². The zero-order valence-corrected chi connectivity index (χ0v) is 37.8. The Kier molecular flexibility index (Phi) is 12.3. The van der Waals surface area contributed by atoms with Gasteiger partial charge in [-0.3, -0.25) is 4.90 Å². The molecule has 2 bridgehead atoms. The number of amides is 1. The monoisotopic (exact) mass is 851 g/mol. The molecule has 0 spiro atoms.